The highest BCUT2D eigenvalue weighted by Gasteiger charge is 2.59. The average Bonchev–Trinajstić information content (AvgIpc) is 1.93. The molecule has 0 N–H and O–H groups in total. The number of nitrogens with zero attached hydrogens (tertiary/aromatic N) is 1. The second-order valence-corrected chi connectivity index (χ2v) is 4.12. The molecule has 2 aliphatic carbocycles. The molecule has 0 unspecified atom stereocenters. The molecular weight excluding hydrogens is 176 g/mol. The van der Waals surface area contributed by atoms with Gasteiger partial charge in [-0.3, -0.25) is 4.79 Å². The largest absolute Gasteiger partial charge is 0.300 e. The lowest BCUT2D eigenvalue weighted by atomic mass is 9.54. The molecule has 2 nitrogen and oxygen atoms in total. The Kier molecular flexibility index (Phi) is 1.51. The third-order valence-corrected chi connectivity index (χ3v) is 3.12. The van der Waals surface area contributed by atoms with Crippen molar-refractivity contribution in [2.75, 3.05) is 0 Å². The van der Waals surface area contributed by atoms with E-state index in [4.69, 9.17) is 5.26 Å². The van der Waals surface area contributed by atoms with Crippen molar-refractivity contribution < 1.29 is 13.6 Å². The van der Waals surface area contributed by atoms with Crippen LogP contribution in [0.15, 0.2) is 0 Å². The predicted molar refractivity (Wildman–Crippen MR) is 40.0 cm³/mol. The van der Waals surface area contributed by atoms with Crippen molar-refractivity contribution in [2.24, 2.45) is 11.3 Å². The first-order valence-corrected chi connectivity index (χ1v) is 4.28. The lowest BCUT2D eigenvalue weighted by Gasteiger charge is -2.48. The van der Waals surface area contributed by atoms with Gasteiger partial charge in [0, 0.05) is 25.7 Å². The minimum Gasteiger partial charge on any atom is -0.300 e. The highest BCUT2D eigenvalue weighted by Crippen LogP contribution is 2.57. The zero-order chi connectivity index (χ0) is 9.69. The molecule has 2 aliphatic rings. The van der Waals surface area contributed by atoms with Gasteiger partial charge in [0.1, 0.15) is 5.78 Å². The summed E-state index contributed by atoms with van der Waals surface area (Å²) in [5.41, 5.74) is -0.737. The first kappa shape index (κ1) is 8.61. The summed E-state index contributed by atoms with van der Waals surface area (Å²) in [6, 6.07) is 2.03. The second-order valence-electron chi connectivity index (χ2n) is 4.12. The van der Waals surface area contributed by atoms with Gasteiger partial charge in [-0.1, -0.05) is 0 Å². The molecule has 0 heterocycles. The van der Waals surface area contributed by atoms with Crippen LogP contribution in [-0.2, 0) is 4.79 Å². The zero-order valence-corrected chi connectivity index (χ0v) is 7.02. The normalized spacial score (nSPS) is 30.1. The van der Waals surface area contributed by atoms with Crippen molar-refractivity contribution in [3.8, 4) is 6.07 Å². The maximum atomic E-state index is 12.5. The van der Waals surface area contributed by atoms with Crippen molar-refractivity contribution in [3.05, 3.63) is 0 Å². The van der Waals surface area contributed by atoms with Crippen molar-refractivity contribution in [1.29, 1.82) is 5.26 Å². The molecule has 0 saturated heterocycles. The van der Waals surface area contributed by atoms with Gasteiger partial charge >= 0.3 is 0 Å². The van der Waals surface area contributed by atoms with Crippen LogP contribution in [0.2, 0.25) is 0 Å². The van der Waals surface area contributed by atoms with E-state index in [0.29, 0.717) is 0 Å². The van der Waals surface area contributed by atoms with Gasteiger partial charge in [0.2, 0.25) is 5.92 Å². The smallest absolute Gasteiger partial charge is 0.248 e. The fraction of sp³-hybridized carbons (Fsp3) is 0.778. The number of hydrogen-bond acceptors (Lipinski definition) is 2. The Morgan fingerprint density at radius 3 is 2.23 bits per heavy atom. The van der Waals surface area contributed by atoms with Crippen molar-refractivity contribution in [3.63, 3.8) is 0 Å². The molecule has 4 heteroatoms. The molecule has 0 aromatic rings. The second kappa shape index (κ2) is 2.28. The molecule has 0 aromatic carbocycles. The first-order valence-electron chi connectivity index (χ1n) is 4.28. The molecule has 13 heavy (non-hydrogen) atoms. The van der Waals surface area contributed by atoms with E-state index in [1.807, 2.05) is 6.07 Å². The van der Waals surface area contributed by atoms with E-state index < -0.39 is 11.3 Å². The first-order chi connectivity index (χ1) is 5.97. The van der Waals surface area contributed by atoms with Crippen molar-refractivity contribution in [1.82, 2.24) is 0 Å². The molecule has 2 rings (SSSR count). The van der Waals surface area contributed by atoms with Crippen LogP contribution in [0.25, 0.3) is 0 Å². The van der Waals surface area contributed by atoms with E-state index >= 15 is 0 Å². The van der Waals surface area contributed by atoms with E-state index in [1.54, 1.807) is 0 Å². The van der Waals surface area contributed by atoms with Gasteiger partial charge in [-0.05, 0) is 5.92 Å². The van der Waals surface area contributed by atoms with Crippen LogP contribution in [0.3, 0.4) is 0 Å². The number of hydrogen-bond donors (Lipinski definition) is 0. The van der Waals surface area contributed by atoms with Crippen molar-refractivity contribution >= 4 is 5.78 Å². The maximum absolute atomic E-state index is 12.5. The maximum Gasteiger partial charge on any atom is 0.248 e. The molecule has 0 radical (unpaired) electrons. The molecule has 2 fully saturated rings. The Morgan fingerprint density at radius 2 is 1.92 bits per heavy atom. The van der Waals surface area contributed by atoms with Crippen LogP contribution in [0.1, 0.15) is 25.7 Å². The Morgan fingerprint density at radius 1 is 1.38 bits per heavy atom. The average molecular weight is 185 g/mol. The van der Waals surface area contributed by atoms with Gasteiger partial charge in [-0.2, -0.15) is 5.26 Å². The van der Waals surface area contributed by atoms with Crippen molar-refractivity contribution in [2.45, 2.75) is 31.6 Å². The van der Waals surface area contributed by atoms with Crippen LogP contribution in [0, 0.1) is 22.7 Å². The summed E-state index contributed by atoms with van der Waals surface area (Å²) in [6.07, 6.45) is -0.0594. The molecule has 0 aliphatic heterocycles. The number of carbonyl (C=O) groups excluding carboxylic acids is 1. The van der Waals surface area contributed by atoms with E-state index in [-0.39, 0.29) is 37.4 Å². The molecule has 0 spiro atoms. The van der Waals surface area contributed by atoms with E-state index in [9.17, 15) is 13.6 Å². The molecular formula is C9H9F2NO. The van der Waals surface area contributed by atoms with Gasteiger partial charge in [0.15, 0.2) is 0 Å². The number of Topliss-reactive ketones (excluding diaryl/α,β-unsaturated/α-hetero) is 1. The molecule has 0 aromatic heterocycles. The number of nitriles is 1. The summed E-state index contributed by atoms with van der Waals surface area (Å²) in [4.78, 5) is 10.7. The SMILES string of the molecule is N#CC1(C2CC(F)(F)C2)CC(=O)C1. The number of ketones is 1. The third kappa shape index (κ3) is 1.14. The van der Waals surface area contributed by atoms with Crippen LogP contribution >= 0.6 is 0 Å². The highest BCUT2D eigenvalue weighted by molar-refractivity contribution is 5.87. The number of alkyl halides is 2. The molecule has 0 atom stereocenters. The summed E-state index contributed by atoms with van der Waals surface area (Å²) in [7, 11) is 0. The monoisotopic (exact) mass is 185 g/mol. The lowest BCUT2D eigenvalue weighted by molar-refractivity contribution is -0.162. The summed E-state index contributed by atoms with van der Waals surface area (Å²) < 4.78 is 25.0. The van der Waals surface area contributed by atoms with Gasteiger partial charge in [0.05, 0.1) is 11.5 Å². The highest BCUT2D eigenvalue weighted by atomic mass is 19.3. The number of carbonyl (C=O) groups is 1. The van der Waals surface area contributed by atoms with Crippen LogP contribution in [0.5, 0.6) is 0 Å². The summed E-state index contributed by atoms with van der Waals surface area (Å²) in [5, 5.41) is 8.81. The number of rotatable bonds is 1. The van der Waals surface area contributed by atoms with E-state index in [2.05, 4.69) is 0 Å². The fourth-order valence-corrected chi connectivity index (χ4v) is 2.16. The standard InChI is InChI=1S/C9H9F2NO/c10-9(11)1-6(2-9)8(5-12)3-7(13)4-8/h6H,1-4H2. The van der Waals surface area contributed by atoms with Gasteiger partial charge in [-0.15, -0.1) is 0 Å². The predicted octanol–water partition coefficient (Wildman–Crippen LogP) is 1.90. The summed E-state index contributed by atoms with van der Waals surface area (Å²) in [6.45, 7) is 0. The van der Waals surface area contributed by atoms with Crippen LogP contribution < -0.4 is 0 Å². The van der Waals surface area contributed by atoms with E-state index in [0.717, 1.165) is 0 Å². The van der Waals surface area contributed by atoms with Crippen LogP contribution in [-0.4, -0.2) is 11.7 Å². The van der Waals surface area contributed by atoms with Gasteiger partial charge < -0.3 is 0 Å². The van der Waals surface area contributed by atoms with Gasteiger partial charge in [0.25, 0.3) is 0 Å². The topological polar surface area (TPSA) is 40.9 Å². The Labute approximate surface area is 74.5 Å². The van der Waals surface area contributed by atoms with E-state index in [1.165, 1.54) is 0 Å². The quantitative estimate of drug-likeness (QED) is 0.626. The molecule has 2 saturated carbocycles. The fourth-order valence-electron chi connectivity index (χ4n) is 2.16. The minimum atomic E-state index is -2.59. The molecule has 70 valence electrons. The lowest BCUT2D eigenvalue weighted by Crippen LogP contribution is -2.51. The zero-order valence-electron chi connectivity index (χ0n) is 7.02. The van der Waals surface area contributed by atoms with Gasteiger partial charge in [-0.25, -0.2) is 8.78 Å². The summed E-state index contributed by atoms with van der Waals surface area (Å²) >= 11 is 0. The third-order valence-electron chi connectivity index (χ3n) is 3.12. The van der Waals surface area contributed by atoms with Crippen LogP contribution in [0.4, 0.5) is 8.78 Å². The Hall–Kier alpha value is -0.980. The summed E-state index contributed by atoms with van der Waals surface area (Å²) in [5.74, 6) is -2.82. The Balaban J connectivity index is 2.03. The molecule has 0 bridgehead atoms. The minimum absolute atomic E-state index is 0.0248. The Bertz CT molecular complexity index is 289. The number of halogens is 2. The molecule has 0 amide bonds.